The number of thiophene rings is 1. The molecule has 19 heavy (non-hydrogen) atoms. The molecule has 3 aromatic rings. The van der Waals surface area contributed by atoms with Crippen molar-refractivity contribution < 1.29 is 9.53 Å². The van der Waals surface area contributed by atoms with Crippen LogP contribution in [-0.2, 0) is 0 Å². The van der Waals surface area contributed by atoms with Crippen LogP contribution in [0.3, 0.4) is 0 Å². The van der Waals surface area contributed by atoms with Crippen LogP contribution in [0.4, 0.5) is 0 Å². The second-order valence-corrected chi connectivity index (χ2v) is 5.31. The van der Waals surface area contributed by atoms with Gasteiger partial charge >= 0.3 is 0 Å². The standard InChI is InChI=1S/C16H12O2S/c1-18-14-8-12(6-7-13(14)10-17)16-9-11-4-2-3-5-15(11)19-16/h2-10H,1H3. The molecule has 0 spiro atoms. The van der Waals surface area contributed by atoms with E-state index in [9.17, 15) is 4.79 Å². The molecular formula is C16H12O2S. The largest absolute Gasteiger partial charge is 0.496 e. The Morgan fingerprint density at radius 3 is 2.68 bits per heavy atom. The molecule has 0 radical (unpaired) electrons. The Hall–Kier alpha value is -2.13. The van der Waals surface area contributed by atoms with Crippen LogP contribution in [0.25, 0.3) is 20.5 Å². The summed E-state index contributed by atoms with van der Waals surface area (Å²) in [7, 11) is 1.58. The molecular weight excluding hydrogens is 256 g/mol. The van der Waals surface area contributed by atoms with E-state index in [4.69, 9.17) is 4.74 Å². The summed E-state index contributed by atoms with van der Waals surface area (Å²) in [6.45, 7) is 0. The predicted octanol–water partition coefficient (Wildman–Crippen LogP) is 4.39. The third-order valence-corrected chi connectivity index (χ3v) is 4.24. The molecule has 0 aliphatic heterocycles. The van der Waals surface area contributed by atoms with Gasteiger partial charge in [0, 0.05) is 9.58 Å². The molecule has 0 N–H and O–H groups in total. The number of hydrogen-bond donors (Lipinski definition) is 0. The number of hydrogen-bond acceptors (Lipinski definition) is 3. The summed E-state index contributed by atoms with van der Waals surface area (Å²) in [5.74, 6) is 0.616. The summed E-state index contributed by atoms with van der Waals surface area (Å²) in [5, 5.41) is 1.24. The summed E-state index contributed by atoms with van der Waals surface area (Å²) < 4.78 is 6.51. The van der Waals surface area contributed by atoms with Gasteiger partial charge < -0.3 is 4.74 Å². The zero-order valence-corrected chi connectivity index (χ0v) is 11.2. The highest BCUT2D eigenvalue weighted by Crippen LogP contribution is 2.35. The van der Waals surface area contributed by atoms with E-state index in [2.05, 4.69) is 18.2 Å². The molecule has 0 saturated heterocycles. The molecule has 0 bridgehead atoms. The number of ether oxygens (including phenoxy) is 1. The average molecular weight is 268 g/mol. The second-order valence-electron chi connectivity index (χ2n) is 4.22. The van der Waals surface area contributed by atoms with Gasteiger partial charge in [0.1, 0.15) is 5.75 Å². The topological polar surface area (TPSA) is 26.3 Å². The van der Waals surface area contributed by atoms with E-state index in [1.165, 1.54) is 15.0 Å². The predicted molar refractivity (Wildman–Crippen MR) is 79.2 cm³/mol. The lowest BCUT2D eigenvalue weighted by Gasteiger charge is -2.05. The molecule has 0 fully saturated rings. The SMILES string of the molecule is COc1cc(-c2cc3ccccc3s2)ccc1C=O. The maximum Gasteiger partial charge on any atom is 0.153 e. The van der Waals surface area contributed by atoms with Crippen molar-refractivity contribution in [1.82, 2.24) is 0 Å². The lowest BCUT2D eigenvalue weighted by Crippen LogP contribution is -1.90. The Morgan fingerprint density at radius 1 is 1.11 bits per heavy atom. The monoisotopic (exact) mass is 268 g/mol. The molecule has 0 unspecified atom stereocenters. The van der Waals surface area contributed by atoms with Crippen LogP contribution in [0.15, 0.2) is 48.5 Å². The molecule has 2 nitrogen and oxygen atoms in total. The van der Waals surface area contributed by atoms with Crippen LogP contribution in [-0.4, -0.2) is 13.4 Å². The summed E-state index contributed by atoms with van der Waals surface area (Å²) in [5.41, 5.74) is 1.65. The minimum absolute atomic E-state index is 0.576. The Labute approximate surface area is 115 Å². The van der Waals surface area contributed by atoms with Crippen LogP contribution >= 0.6 is 11.3 Å². The first-order valence-electron chi connectivity index (χ1n) is 5.94. The number of benzene rings is 2. The molecule has 3 rings (SSSR count). The number of aldehydes is 1. The normalized spacial score (nSPS) is 10.6. The molecule has 0 atom stereocenters. The van der Waals surface area contributed by atoms with Crippen molar-refractivity contribution >= 4 is 27.7 Å². The first-order valence-corrected chi connectivity index (χ1v) is 6.75. The molecule has 0 aliphatic rings. The minimum atomic E-state index is 0.576. The second kappa shape index (κ2) is 4.86. The van der Waals surface area contributed by atoms with Gasteiger partial charge in [-0.05, 0) is 35.2 Å². The maximum absolute atomic E-state index is 10.9. The third kappa shape index (κ3) is 2.13. The van der Waals surface area contributed by atoms with Gasteiger partial charge in [0.05, 0.1) is 12.7 Å². The zero-order valence-electron chi connectivity index (χ0n) is 10.4. The number of carbonyl (C=O) groups excluding carboxylic acids is 1. The lowest BCUT2D eigenvalue weighted by molar-refractivity contribution is 0.112. The fourth-order valence-electron chi connectivity index (χ4n) is 2.09. The third-order valence-electron chi connectivity index (χ3n) is 3.07. The van der Waals surface area contributed by atoms with Crippen molar-refractivity contribution in [1.29, 1.82) is 0 Å². The van der Waals surface area contributed by atoms with Crippen LogP contribution in [0.1, 0.15) is 10.4 Å². The van der Waals surface area contributed by atoms with Crippen molar-refractivity contribution in [2.75, 3.05) is 7.11 Å². The van der Waals surface area contributed by atoms with Gasteiger partial charge in [-0.25, -0.2) is 0 Å². The molecule has 1 heterocycles. The molecule has 0 saturated carbocycles. The first kappa shape index (κ1) is 11.9. The molecule has 2 aromatic carbocycles. The highest BCUT2D eigenvalue weighted by Gasteiger charge is 2.08. The van der Waals surface area contributed by atoms with E-state index in [0.29, 0.717) is 11.3 Å². The van der Waals surface area contributed by atoms with Crippen molar-refractivity contribution in [3.05, 3.63) is 54.1 Å². The van der Waals surface area contributed by atoms with Crippen LogP contribution in [0, 0.1) is 0 Å². The summed E-state index contributed by atoms with van der Waals surface area (Å²) in [4.78, 5) is 12.1. The number of fused-ring (bicyclic) bond motifs is 1. The van der Waals surface area contributed by atoms with Crippen LogP contribution in [0.2, 0.25) is 0 Å². The molecule has 94 valence electrons. The average Bonchev–Trinajstić information content (AvgIpc) is 2.90. The van der Waals surface area contributed by atoms with Gasteiger partial charge in [-0.3, -0.25) is 4.79 Å². The van der Waals surface area contributed by atoms with Gasteiger partial charge in [-0.1, -0.05) is 24.3 Å². The Bertz CT molecular complexity index is 710. The van der Waals surface area contributed by atoms with Crippen LogP contribution < -0.4 is 4.74 Å². The Balaban J connectivity index is 2.13. The maximum atomic E-state index is 10.9. The summed E-state index contributed by atoms with van der Waals surface area (Å²) in [6, 6.07) is 16.1. The van der Waals surface area contributed by atoms with Crippen molar-refractivity contribution in [2.24, 2.45) is 0 Å². The number of rotatable bonds is 3. The van der Waals surface area contributed by atoms with E-state index < -0.39 is 0 Å². The fraction of sp³-hybridized carbons (Fsp3) is 0.0625. The summed E-state index contributed by atoms with van der Waals surface area (Å²) in [6.07, 6.45) is 0.813. The van der Waals surface area contributed by atoms with Crippen LogP contribution in [0.5, 0.6) is 5.75 Å². The van der Waals surface area contributed by atoms with Crippen molar-refractivity contribution in [3.63, 3.8) is 0 Å². The number of carbonyl (C=O) groups is 1. The van der Waals surface area contributed by atoms with Gasteiger partial charge in [0.25, 0.3) is 0 Å². The zero-order chi connectivity index (χ0) is 13.2. The van der Waals surface area contributed by atoms with Gasteiger partial charge in [0.15, 0.2) is 6.29 Å². The number of methoxy groups -OCH3 is 1. The Morgan fingerprint density at radius 2 is 1.95 bits per heavy atom. The van der Waals surface area contributed by atoms with E-state index >= 15 is 0 Å². The fourth-order valence-corrected chi connectivity index (χ4v) is 3.14. The highest BCUT2D eigenvalue weighted by molar-refractivity contribution is 7.22. The smallest absolute Gasteiger partial charge is 0.153 e. The van der Waals surface area contributed by atoms with Gasteiger partial charge in [0.2, 0.25) is 0 Å². The molecule has 0 aliphatic carbocycles. The van der Waals surface area contributed by atoms with Gasteiger partial charge in [-0.2, -0.15) is 0 Å². The lowest BCUT2D eigenvalue weighted by atomic mass is 10.1. The van der Waals surface area contributed by atoms with E-state index in [-0.39, 0.29) is 0 Å². The van der Waals surface area contributed by atoms with E-state index in [1.54, 1.807) is 24.5 Å². The first-order chi connectivity index (χ1) is 9.31. The Kier molecular flexibility index (Phi) is 3.05. The van der Waals surface area contributed by atoms with Crippen molar-refractivity contribution in [3.8, 4) is 16.2 Å². The quantitative estimate of drug-likeness (QED) is 0.658. The molecule has 3 heteroatoms. The molecule has 1 aromatic heterocycles. The van der Waals surface area contributed by atoms with E-state index in [1.807, 2.05) is 24.3 Å². The van der Waals surface area contributed by atoms with Gasteiger partial charge in [-0.15, -0.1) is 11.3 Å². The highest BCUT2D eigenvalue weighted by atomic mass is 32.1. The van der Waals surface area contributed by atoms with E-state index in [0.717, 1.165) is 11.8 Å². The summed E-state index contributed by atoms with van der Waals surface area (Å²) >= 11 is 1.74. The van der Waals surface area contributed by atoms with Crippen molar-refractivity contribution in [2.45, 2.75) is 0 Å². The minimum Gasteiger partial charge on any atom is -0.496 e. The molecule has 0 amide bonds.